The number of carbonyl (C=O) groups excluding carboxylic acids is 1. The third-order valence-electron chi connectivity index (χ3n) is 3.29. The fraction of sp³-hybridized carbons (Fsp3) is 0.625. The van der Waals surface area contributed by atoms with Crippen molar-refractivity contribution in [3.05, 3.63) is 23.4 Å². The Labute approximate surface area is 127 Å². The van der Waals surface area contributed by atoms with Gasteiger partial charge in [-0.2, -0.15) is 0 Å². The zero-order chi connectivity index (χ0) is 16.0. The lowest BCUT2D eigenvalue weighted by molar-refractivity contribution is 0.0779. The Balaban J connectivity index is 2.98. The van der Waals surface area contributed by atoms with Crippen LogP contribution in [-0.2, 0) is 10.2 Å². The van der Waals surface area contributed by atoms with E-state index in [2.05, 4.69) is 31.1 Å². The van der Waals surface area contributed by atoms with E-state index in [1.165, 1.54) is 0 Å². The molecule has 0 aliphatic carbocycles. The van der Waals surface area contributed by atoms with Crippen LogP contribution in [0, 0.1) is 0 Å². The van der Waals surface area contributed by atoms with Gasteiger partial charge in [0.05, 0.1) is 0 Å². The summed E-state index contributed by atoms with van der Waals surface area (Å²) in [5.41, 5.74) is 1.47. The Morgan fingerprint density at radius 3 is 2.57 bits per heavy atom. The number of hydrogen-bond donors (Lipinski definition) is 1. The molecular formula is C16H27N3O2. The van der Waals surface area contributed by atoms with Crippen LogP contribution in [0.1, 0.15) is 43.2 Å². The van der Waals surface area contributed by atoms with Crippen LogP contribution in [0.25, 0.3) is 0 Å². The van der Waals surface area contributed by atoms with Crippen molar-refractivity contribution in [1.29, 1.82) is 0 Å². The Kier molecular flexibility index (Phi) is 6.15. The molecule has 0 aliphatic rings. The molecule has 0 radical (unpaired) electrons. The maximum absolute atomic E-state index is 12.5. The molecule has 0 aliphatic heterocycles. The van der Waals surface area contributed by atoms with Gasteiger partial charge in [-0.05, 0) is 18.6 Å². The molecule has 0 aromatic carbocycles. The van der Waals surface area contributed by atoms with Gasteiger partial charge >= 0.3 is 0 Å². The molecule has 0 saturated carbocycles. The zero-order valence-electron chi connectivity index (χ0n) is 14.0. The molecule has 1 aromatic rings. The molecule has 1 heterocycles. The fourth-order valence-electron chi connectivity index (χ4n) is 1.93. The second-order valence-corrected chi connectivity index (χ2v) is 6.20. The molecule has 5 nitrogen and oxygen atoms in total. The molecule has 0 saturated heterocycles. The summed E-state index contributed by atoms with van der Waals surface area (Å²) in [6.07, 6.45) is 0.828. The van der Waals surface area contributed by atoms with Crippen LogP contribution < -0.4 is 5.32 Å². The molecule has 0 fully saturated rings. The van der Waals surface area contributed by atoms with E-state index in [1.54, 1.807) is 18.1 Å². The predicted octanol–water partition coefficient (Wildman–Crippen LogP) is 2.53. The van der Waals surface area contributed by atoms with Crippen molar-refractivity contribution in [2.45, 2.75) is 32.6 Å². The summed E-state index contributed by atoms with van der Waals surface area (Å²) in [6.45, 7) is 7.60. The maximum Gasteiger partial charge on any atom is 0.253 e. The monoisotopic (exact) mass is 293 g/mol. The average molecular weight is 293 g/mol. The Morgan fingerprint density at radius 2 is 2.05 bits per heavy atom. The van der Waals surface area contributed by atoms with Gasteiger partial charge in [-0.25, -0.2) is 4.98 Å². The predicted molar refractivity (Wildman–Crippen MR) is 85.9 cm³/mol. The highest BCUT2D eigenvalue weighted by atomic mass is 16.5. The number of amides is 1. The summed E-state index contributed by atoms with van der Waals surface area (Å²) in [7, 11) is 5.29. The Morgan fingerprint density at radius 1 is 1.38 bits per heavy atom. The van der Waals surface area contributed by atoms with Crippen molar-refractivity contribution in [3.8, 4) is 0 Å². The summed E-state index contributed by atoms with van der Waals surface area (Å²) < 4.78 is 5.02. The highest BCUT2D eigenvalue weighted by Crippen LogP contribution is 2.23. The van der Waals surface area contributed by atoms with Gasteiger partial charge in [-0.3, -0.25) is 4.79 Å². The first-order chi connectivity index (χ1) is 9.79. The summed E-state index contributed by atoms with van der Waals surface area (Å²) in [4.78, 5) is 18.8. The number of ether oxygens (including phenoxy) is 1. The molecule has 1 aromatic heterocycles. The van der Waals surface area contributed by atoms with Crippen molar-refractivity contribution < 1.29 is 9.53 Å². The van der Waals surface area contributed by atoms with Crippen LogP contribution in [0.4, 0.5) is 5.82 Å². The SMILES string of the molecule is CNc1cc(C(=O)N(C)CCCOC)cc(C(C)(C)C)n1. The number of rotatable bonds is 6. The smallest absolute Gasteiger partial charge is 0.253 e. The van der Waals surface area contributed by atoms with Gasteiger partial charge in [0.25, 0.3) is 5.91 Å². The first kappa shape index (κ1) is 17.4. The van der Waals surface area contributed by atoms with Gasteiger partial charge < -0.3 is 15.0 Å². The minimum Gasteiger partial charge on any atom is -0.385 e. The number of hydrogen-bond acceptors (Lipinski definition) is 4. The van der Waals surface area contributed by atoms with Crippen LogP contribution >= 0.6 is 0 Å². The lowest BCUT2D eigenvalue weighted by Crippen LogP contribution is -2.29. The van der Waals surface area contributed by atoms with Gasteiger partial charge in [0.1, 0.15) is 5.82 Å². The van der Waals surface area contributed by atoms with Crippen molar-refractivity contribution >= 4 is 11.7 Å². The quantitative estimate of drug-likeness (QED) is 0.819. The minimum atomic E-state index is -0.101. The summed E-state index contributed by atoms with van der Waals surface area (Å²) in [6, 6.07) is 3.68. The Bertz CT molecular complexity index is 481. The van der Waals surface area contributed by atoms with E-state index in [0.717, 1.165) is 17.9 Å². The number of carbonyl (C=O) groups is 1. The maximum atomic E-state index is 12.5. The second kappa shape index (κ2) is 7.41. The van der Waals surface area contributed by atoms with Crippen LogP contribution in [0.3, 0.4) is 0 Å². The van der Waals surface area contributed by atoms with Gasteiger partial charge in [0.15, 0.2) is 0 Å². The third-order valence-corrected chi connectivity index (χ3v) is 3.29. The van der Waals surface area contributed by atoms with Crippen LogP contribution in [-0.4, -0.2) is 50.1 Å². The van der Waals surface area contributed by atoms with E-state index >= 15 is 0 Å². The van der Waals surface area contributed by atoms with Crippen LogP contribution in [0.5, 0.6) is 0 Å². The zero-order valence-corrected chi connectivity index (χ0v) is 14.0. The summed E-state index contributed by atoms with van der Waals surface area (Å²) in [5, 5.41) is 3.02. The van der Waals surface area contributed by atoms with Gasteiger partial charge in [0.2, 0.25) is 0 Å². The largest absolute Gasteiger partial charge is 0.385 e. The molecule has 1 rings (SSSR count). The molecule has 0 spiro atoms. The lowest BCUT2D eigenvalue weighted by Gasteiger charge is -2.22. The summed E-state index contributed by atoms with van der Waals surface area (Å²) >= 11 is 0. The number of nitrogens with zero attached hydrogens (tertiary/aromatic N) is 2. The molecule has 0 bridgehead atoms. The molecule has 0 atom stereocenters. The third kappa shape index (κ3) is 5.01. The number of aromatic nitrogens is 1. The van der Waals surface area contributed by atoms with Crippen LogP contribution in [0.15, 0.2) is 12.1 Å². The molecule has 1 amide bonds. The highest BCUT2D eigenvalue weighted by Gasteiger charge is 2.20. The van der Waals surface area contributed by atoms with Crippen molar-refractivity contribution in [3.63, 3.8) is 0 Å². The summed E-state index contributed by atoms with van der Waals surface area (Å²) in [5.74, 6) is 0.728. The number of pyridine rings is 1. The molecule has 0 unspecified atom stereocenters. The fourth-order valence-corrected chi connectivity index (χ4v) is 1.93. The van der Waals surface area contributed by atoms with E-state index in [4.69, 9.17) is 4.74 Å². The minimum absolute atomic E-state index is 0.00973. The number of methoxy groups -OCH3 is 1. The highest BCUT2D eigenvalue weighted by molar-refractivity contribution is 5.94. The van der Waals surface area contributed by atoms with Gasteiger partial charge in [0, 0.05) is 51.0 Å². The van der Waals surface area contributed by atoms with Crippen LogP contribution in [0.2, 0.25) is 0 Å². The molecular weight excluding hydrogens is 266 g/mol. The normalized spacial score (nSPS) is 11.3. The van der Waals surface area contributed by atoms with E-state index < -0.39 is 0 Å². The first-order valence-corrected chi connectivity index (χ1v) is 7.24. The molecule has 21 heavy (non-hydrogen) atoms. The van der Waals surface area contributed by atoms with E-state index in [0.29, 0.717) is 18.7 Å². The van der Waals surface area contributed by atoms with Crippen molar-refractivity contribution in [2.24, 2.45) is 0 Å². The van der Waals surface area contributed by atoms with E-state index in [-0.39, 0.29) is 11.3 Å². The molecule has 118 valence electrons. The van der Waals surface area contributed by atoms with Crippen molar-refractivity contribution in [2.75, 3.05) is 39.7 Å². The Hall–Kier alpha value is -1.62. The topological polar surface area (TPSA) is 54.5 Å². The average Bonchev–Trinajstić information content (AvgIpc) is 2.45. The van der Waals surface area contributed by atoms with E-state index in [1.807, 2.05) is 20.2 Å². The van der Waals surface area contributed by atoms with E-state index in [9.17, 15) is 4.79 Å². The lowest BCUT2D eigenvalue weighted by atomic mass is 9.90. The molecule has 5 heteroatoms. The standard InChI is InChI=1S/C16H27N3O2/c1-16(2,3)13-10-12(11-14(17-4)18-13)15(20)19(5)8-7-9-21-6/h10-11H,7-9H2,1-6H3,(H,17,18). The van der Waals surface area contributed by atoms with Crippen molar-refractivity contribution in [1.82, 2.24) is 9.88 Å². The van der Waals surface area contributed by atoms with Gasteiger partial charge in [-0.1, -0.05) is 20.8 Å². The second-order valence-electron chi connectivity index (χ2n) is 6.20. The molecule has 1 N–H and O–H groups in total. The first-order valence-electron chi connectivity index (χ1n) is 7.24. The van der Waals surface area contributed by atoms with Gasteiger partial charge in [-0.15, -0.1) is 0 Å². The number of anilines is 1. The number of nitrogens with one attached hydrogen (secondary N) is 1.